The van der Waals surface area contributed by atoms with Crippen LogP contribution in [0.3, 0.4) is 0 Å². The van der Waals surface area contributed by atoms with Gasteiger partial charge in [-0.3, -0.25) is 0 Å². The molecule has 0 unspecified atom stereocenters. The highest BCUT2D eigenvalue weighted by atomic mass is 16.5. The van der Waals surface area contributed by atoms with Crippen LogP contribution in [0.1, 0.15) is 26.0 Å². The fraction of sp³-hybridized carbons (Fsp3) is 0.429. The first-order valence-electron chi connectivity index (χ1n) is 9.30. The lowest BCUT2D eigenvalue weighted by atomic mass is 9.92. The third-order valence-electron chi connectivity index (χ3n) is 5.17. The molecule has 0 bridgehead atoms. The lowest BCUT2D eigenvalue weighted by molar-refractivity contribution is 0.354. The van der Waals surface area contributed by atoms with Gasteiger partial charge >= 0.3 is 0 Å². The fourth-order valence-corrected chi connectivity index (χ4v) is 4.20. The zero-order chi connectivity index (χ0) is 18.3. The molecule has 3 heterocycles. The third kappa shape index (κ3) is 2.91. The second-order valence-electron chi connectivity index (χ2n) is 7.60. The van der Waals surface area contributed by atoms with E-state index in [1.54, 1.807) is 7.11 Å². The van der Waals surface area contributed by atoms with E-state index in [1.165, 1.54) is 6.42 Å². The number of ether oxygens (including phenoxy) is 1. The van der Waals surface area contributed by atoms with Gasteiger partial charge in [-0.05, 0) is 31.2 Å². The quantitative estimate of drug-likeness (QED) is 0.710. The second-order valence-corrected chi connectivity index (χ2v) is 7.60. The van der Waals surface area contributed by atoms with Gasteiger partial charge in [0.15, 0.2) is 5.65 Å². The van der Waals surface area contributed by atoms with Gasteiger partial charge in [0.2, 0.25) is 0 Å². The van der Waals surface area contributed by atoms with Gasteiger partial charge in [-0.2, -0.15) is 9.61 Å². The van der Waals surface area contributed by atoms with Gasteiger partial charge in [0.05, 0.1) is 18.9 Å². The van der Waals surface area contributed by atoms with Crippen molar-refractivity contribution in [2.24, 2.45) is 11.8 Å². The van der Waals surface area contributed by atoms with E-state index in [1.807, 2.05) is 28.9 Å². The van der Waals surface area contributed by atoms with E-state index in [9.17, 15) is 0 Å². The van der Waals surface area contributed by atoms with Crippen LogP contribution >= 0.6 is 0 Å². The Kier molecular flexibility index (Phi) is 4.31. The Labute approximate surface area is 154 Å². The van der Waals surface area contributed by atoms with E-state index >= 15 is 0 Å². The number of rotatable bonds is 3. The molecule has 26 heavy (non-hydrogen) atoms. The van der Waals surface area contributed by atoms with Gasteiger partial charge in [0.25, 0.3) is 0 Å². The number of aromatic nitrogens is 3. The van der Waals surface area contributed by atoms with Crippen molar-refractivity contribution in [1.82, 2.24) is 14.6 Å². The van der Waals surface area contributed by atoms with Gasteiger partial charge in [0.1, 0.15) is 11.6 Å². The van der Waals surface area contributed by atoms with Crippen molar-refractivity contribution in [3.63, 3.8) is 0 Å². The average Bonchev–Trinajstić information content (AvgIpc) is 3.03. The Bertz CT molecular complexity index is 923. The van der Waals surface area contributed by atoms with Crippen LogP contribution in [-0.2, 0) is 0 Å². The number of hydrogen-bond donors (Lipinski definition) is 0. The molecule has 2 aromatic heterocycles. The largest absolute Gasteiger partial charge is 0.496 e. The zero-order valence-corrected chi connectivity index (χ0v) is 15.9. The van der Waals surface area contributed by atoms with Gasteiger partial charge in [-0.1, -0.05) is 32.0 Å². The number of anilines is 1. The molecule has 0 amide bonds. The highest BCUT2D eigenvalue weighted by Gasteiger charge is 2.25. The minimum Gasteiger partial charge on any atom is -0.496 e. The Balaban J connectivity index is 1.86. The molecule has 1 saturated heterocycles. The first-order chi connectivity index (χ1) is 12.6. The summed E-state index contributed by atoms with van der Waals surface area (Å²) in [6.45, 7) is 8.84. The number of piperidine rings is 1. The first-order valence-corrected chi connectivity index (χ1v) is 9.30. The van der Waals surface area contributed by atoms with Crippen LogP contribution in [-0.4, -0.2) is 34.8 Å². The van der Waals surface area contributed by atoms with Gasteiger partial charge in [-0.15, -0.1) is 0 Å². The standard InChI is InChI=1S/C21H26N4O/c1-14-9-15(2)13-24(12-14)20-10-16(3)23-21-18(11-22-25(20)21)17-7-5-6-8-19(17)26-4/h5-8,10-11,14-15H,9,12-13H2,1-4H3/t14-,15-/m1/s1. The van der Waals surface area contributed by atoms with Gasteiger partial charge < -0.3 is 9.64 Å². The van der Waals surface area contributed by atoms with Crippen LogP contribution in [0.25, 0.3) is 16.8 Å². The molecule has 5 heteroatoms. The summed E-state index contributed by atoms with van der Waals surface area (Å²) in [7, 11) is 1.70. The van der Waals surface area contributed by atoms with Crippen molar-refractivity contribution in [2.45, 2.75) is 27.2 Å². The van der Waals surface area contributed by atoms with E-state index < -0.39 is 0 Å². The minimum absolute atomic E-state index is 0.687. The van der Waals surface area contributed by atoms with Crippen LogP contribution < -0.4 is 9.64 Å². The first kappa shape index (κ1) is 16.9. The number of methoxy groups -OCH3 is 1. The number of nitrogens with zero attached hydrogens (tertiary/aromatic N) is 4. The summed E-state index contributed by atoms with van der Waals surface area (Å²) >= 11 is 0. The van der Waals surface area contributed by atoms with E-state index in [-0.39, 0.29) is 0 Å². The lowest BCUT2D eigenvalue weighted by Crippen LogP contribution is -2.39. The topological polar surface area (TPSA) is 42.7 Å². The number of benzene rings is 1. The fourth-order valence-electron chi connectivity index (χ4n) is 4.20. The summed E-state index contributed by atoms with van der Waals surface area (Å²) in [5.74, 6) is 3.34. The van der Waals surface area contributed by atoms with E-state index in [0.717, 1.165) is 47.1 Å². The van der Waals surface area contributed by atoms with Crippen LogP contribution in [0.5, 0.6) is 5.75 Å². The molecule has 1 aliphatic heterocycles. The smallest absolute Gasteiger partial charge is 0.165 e. The molecule has 0 radical (unpaired) electrons. The average molecular weight is 350 g/mol. The van der Waals surface area contributed by atoms with Crippen molar-refractivity contribution >= 4 is 11.5 Å². The van der Waals surface area contributed by atoms with Crippen molar-refractivity contribution < 1.29 is 4.74 Å². The Morgan fingerprint density at radius 1 is 1.08 bits per heavy atom. The molecule has 1 aromatic carbocycles. The Morgan fingerprint density at radius 2 is 1.81 bits per heavy atom. The molecule has 0 aliphatic carbocycles. The summed E-state index contributed by atoms with van der Waals surface area (Å²) < 4.78 is 7.53. The van der Waals surface area contributed by atoms with Crippen LogP contribution in [0.4, 0.5) is 5.82 Å². The summed E-state index contributed by atoms with van der Waals surface area (Å²) in [6.07, 6.45) is 3.19. The number of hydrogen-bond acceptors (Lipinski definition) is 4. The van der Waals surface area contributed by atoms with E-state index in [4.69, 9.17) is 14.8 Å². The molecule has 3 aromatic rings. The van der Waals surface area contributed by atoms with Crippen LogP contribution in [0.2, 0.25) is 0 Å². The maximum absolute atomic E-state index is 5.55. The highest BCUT2D eigenvalue weighted by molar-refractivity contribution is 5.82. The molecular weight excluding hydrogens is 324 g/mol. The number of aryl methyl sites for hydroxylation is 1. The molecule has 0 N–H and O–H groups in total. The maximum Gasteiger partial charge on any atom is 0.165 e. The highest BCUT2D eigenvalue weighted by Crippen LogP contribution is 2.34. The normalized spacial score (nSPS) is 20.5. The number of para-hydroxylation sites is 1. The van der Waals surface area contributed by atoms with Crippen molar-refractivity contribution in [3.8, 4) is 16.9 Å². The Morgan fingerprint density at radius 3 is 2.54 bits per heavy atom. The van der Waals surface area contributed by atoms with Crippen LogP contribution in [0, 0.1) is 18.8 Å². The summed E-state index contributed by atoms with van der Waals surface area (Å²) in [6, 6.07) is 10.2. The number of fused-ring (bicyclic) bond motifs is 1. The van der Waals surface area contributed by atoms with Gasteiger partial charge in [-0.25, -0.2) is 4.98 Å². The minimum atomic E-state index is 0.687. The molecule has 136 valence electrons. The molecule has 5 nitrogen and oxygen atoms in total. The molecular formula is C21H26N4O. The summed E-state index contributed by atoms with van der Waals surface area (Å²) in [4.78, 5) is 7.26. The molecule has 0 saturated carbocycles. The van der Waals surface area contributed by atoms with Gasteiger partial charge in [0, 0.05) is 30.4 Å². The maximum atomic E-state index is 5.55. The van der Waals surface area contributed by atoms with Crippen molar-refractivity contribution in [1.29, 1.82) is 0 Å². The monoisotopic (exact) mass is 350 g/mol. The summed E-state index contributed by atoms with van der Waals surface area (Å²) in [5.41, 5.74) is 3.92. The Hall–Kier alpha value is -2.56. The molecule has 1 fully saturated rings. The van der Waals surface area contributed by atoms with E-state index in [0.29, 0.717) is 11.8 Å². The van der Waals surface area contributed by atoms with Crippen molar-refractivity contribution in [3.05, 3.63) is 42.2 Å². The molecule has 2 atom stereocenters. The second kappa shape index (κ2) is 6.63. The van der Waals surface area contributed by atoms with Crippen molar-refractivity contribution in [2.75, 3.05) is 25.1 Å². The predicted molar refractivity (Wildman–Crippen MR) is 105 cm³/mol. The lowest BCUT2D eigenvalue weighted by Gasteiger charge is -2.36. The van der Waals surface area contributed by atoms with Crippen LogP contribution in [0.15, 0.2) is 36.5 Å². The predicted octanol–water partition coefficient (Wildman–Crippen LogP) is 4.20. The summed E-state index contributed by atoms with van der Waals surface area (Å²) in [5, 5.41) is 4.69. The zero-order valence-electron chi connectivity index (χ0n) is 15.9. The molecule has 1 aliphatic rings. The van der Waals surface area contributed by atoms with E-state index in [2.05, 4.69) is 37.8 Å². The SMILES string of the molecule is COc1ccccc1-c1cnn2c(N3C[C@H](C)C[C@@H](C)C3)cc(C)nc12. The third-order valence-corrected chi connectivity index (χ3v) is 5.17. The molecule has 0 spiro atoms. The molecule has 4 rings (SSSR count).